The van der Waals surface area contributed by atoms with E-state index in [4.69, 9.17) is 0 Å². The zero-order valence-corrected chi connectivity index (χ0v) is 53.1. The van der Waals surface area contributed by atoms with Gasteiger partial charge in [-0.25, -0.2) is 0 Å². The number of hydrogen-bond donors (Lipinski definition) is 0. The molecule has 0 aliphatic rings. The molecule has 2 nitrogen and oxygen atoms in total. The molecule has 0 aliphatic heterocycles. The third-order valence-electron chi connectivity index (χ3n) is 17.8. The molecular weight excluding hydrogens is 1170 g/mol. The Morgan fingerprint density at radius 3 is 0.574 bits per heavy atom. The van der Waals surface area contributed by atoms with Gasteiger partial charge in [0.15, 0.2) is 0 Å². The molecule has 17 aromatic rings. The van der Waals surface area contributed by atoms with E-state index in [2.05, 4.69) is 386 Å². The number of fused-ring (bicyclic) bond motifs is 6. The molecule has 0 aliphatic carbocycles. The maximum Gasteiger partial charge on any atom is 0.0462 e. The van der Waals surface area contributed by atoms with E-state index in [-0.39, 0.29) is 0 Å². The Morgan fingerprint density at radius 2 is 0.319 bits per heavy atom. The SMILES string of the molecule is c1ccc(-c2ccc(N(c3ccc(-c4ccccc4)cc3)c3ccc(-c4ccc(-c5ccc6sc7ccccc7c6c5)cc4)cc3)cc2)cc1.c1ccc(-c2ccc(N(c3ccc(-c4ccccc4)cc3)c3ccc(-c4ccc5sc6ccccc6c5c4)cc3)cc2)cc1. The summed E-state index contributed by atoms with van der Waals surface area (Å²) < 4.78 is 5.34. The Balaban J connectivity index is 0.000000150. The van der Waals surface area contributed by atoms with Crippen LogP contribution in [-0.4, -0.2) is 0 Å². The van der Waals surface area contributed by atoms with Crippen molar-refractivity contribution in [1.29, 1.82) is 0 Å². The first-order valence-corrected chi connectivity index (χ1v) is 33.6. The Labute approximate surface area is 557 Å². The van der Waals surface area contributed by atoms with Crippen LogP contribution >= 0.6 is 22.7 Å². The van der Waals surface area contributed by atoms with Crippen LogP contribution in [0.2, 0.25) is 0 Å². The van der Waals surface area contributed by atoms with E-state index in [0.717, 1.165) is 34.1 Å². The maximum atomic E-state index is 2.34. The largest absolute Gasteiger partial charge is 0.311 e. The van der Waals surface area contributed by atoms with Gasteiger partial charge in [-0.05, 0) is 187 Å². The van der Waals surface area contributed by atoms with Crippen LogP contribution in [0, 0.1) is 0 Å². The average Bonchev–Trinajstić information content (AvgIpc) is 1.56. The molecule has 0 amide bonds. The van der Waals surface area contributed by atoms with Crippen molar-refractivity contribution in [2.75, 3.05) is 9.80 Å². The van der Waals surface area contributed by atoms with Gasteiger partial charge in [-0.15, -0.1) is 22.7 Å². The van der Waals surface area contributed by atoms with Gasteiger partial charge in [0.1, 0.15) is 0 Å². The van der Waals surface area contributed by atoms with Gasteiger partial charge in [0.25, 0.3) is 0 Å². The van der Waals surface area contributed by atoms with Gasteiger partial charge in [0, 0.05) is 74.5 Å². The van der Waals surface area contributed by atoms with E-state index in [9.17, 15) is 0 Å². The van der Waals surface area contributed by atoms with Crippen molar-refractivity contribution in [3.8, 4) is 77.9 Å². The minimum Gasteiger partial charge on any atom is -0.311 e. The lowest BCUT2D eigenvalue weighted by Gasteiger charge is -2.26. The van der Waals surface area contributed by atoms with Crippen molar-refractivity contribution in [3.63, 3.8) is 0 Å². The molecule has 2 aromatic heterocycles. The zero-order valence-electron chi connectivity index (χ0n) is 51.5. The van der Waals surface area contributed by atoms with Gasteiger partial charge in [0.2, 0.25) is 0 Å². The Hall–Kier alpha value is -11.7. The summed E-state index contributed by atoms with van der Waals surface area (Å²) in [6.45, 7) is 0. The number of thiophene rings is 2. The molecule has 0 radical (unpaired) electrons. The Bertz CT molecular complexity index is 5230. The predicted octanol–water partition coefficient (Wildman–Crippen LogP) is 26.7. The Kier molecular flexibility index (Phi) is 15.8. The lowest BCUT2D eigenvalue weighted by atomic mass is 9.99. The summed E-state index contributed by atoms with van der Waals surface area (Å²) in [5.74, 6) is 0. The molecule has 0 saturated heterocycles. The van der Waals surface area contributed by atoms with Crippen LogP contribution in [0.3, 0.4) is 0 Å². The van der Waals surface area contributed by atoms with Gasteiger partial charge in [-0.1, -0.05) is 267 Å². The summed E-state index contributed by atoms with van der Waals surface area (Å²) in [7, 11) is 0. The first kappa shape index (κ1) is 57.5. The molecule has 94 heavy (non-hydrogen) atoms. The highest BCUT2D eigenvalue weighted by Gasteiger charge is 2.17. The summed E-state index contributed by atoms with van der Waals surface area (Å²) in [5.41, 5.74) is 23.7. The first-order valence-electron chi connectivity index (χ1n) is 31.9. The third kappa shape index (κ3) is 11.9. The summed E-state index contributed by atoms with van der Waals surface area (Å²) in [6.07, 6.45) is 0. The van der Waals surface area contributed by atoms with Gasteiger partial charge in [0.05, 0.1) is 0 Å². The van der Waals surface area contributed by atoms with Crippen LogP contribution in [0.5, 0.6) is 0 Å². The molecule has 17 rings (SSSR count). The fourth-order valence-corrected chi connectivity index (χ4v) is 15.1. The van der Waals surface area contributed by atoms with E-state index >= 15 is 0 Å². The number of nitrogens with zero attached hydrogens (tertiary/aromatic N) is 2. The van der Waals surface area contributed by atoms with Crippen LogP contribution in [-0.2, 0) is 0 Å². The van der Waals surface area contributed by atoms with Crippen LogP contribution in [0.15, 0.2) is 376 Å². The quantitative estimate of drug-likeness (QED) is 0.114. The summed E-state index contributed by atoms with van der Waals surface area (Å²) >= 11 is 3.72. The topological polar surface area (TPSA) is 6.48 Å². The Morgan fingerprint density at radius 1 is 0.138 bits per heavy atom. The van der Waals surface area contributed by atoms with E-state index in [1.807, 2.05) is 22.7 Å². The zero-order chi connectivity index (χ0) is 62.6. The second-order valence-corrected chi connectivity index (χ2v) is 25.8. The molecule has 0 spiro atoms. The minimum atomic E-state index is 1.11. The molecule has 2 heterocycles. The second kappa shape index (κ2) is 25.9. The molecule has 0 unspecified atom stereocenters. The highest BCUT2D eigenvalue weighted by atomic mass is 32.1. The molecule has 0 bridgehead atoms. The van der Waals surface area contributed by atoms with E-state index in [1.54, 1.807) is 0 Å². The highest BCUT2D eigenvalue weighted by molar-refractivity contribution is 7.26. The fraction of sp³-hybridized carbons (Fsp3) is 0. The molecule has 15 aromatic carbocycles. The molecule has 4 heteroatoms. The lowest BCUT2D eigenvalue weighted by molar-refractivity contribution is 1.28. The van der Waals surface area contributed by atoms with Crippen LogP contribution < -0.4 is 9.80 Å². The number of rotatable bonds is 13. The lowest BCUT2D eigenvalue weighted by Crippen LogP contribution is -2.09. The summed E-state index contributed by atoms with van der Waals surface area (Å²) in [5, 5.41) is 5.32. The van der Waals surface area contributed by atoms with E-state index < -0.39 is 0 Å². The molecule has 444 valence electrons. The van der Waals surface area contributed by atoms with E-state index in [1.165, 1.54) is 118 Å². The van der Waals surface area contributed by atoms with E-state index in [0.29, 0.717) is 0 Å². The molecular formula is C90H62N2S2. The van der Waals surface area contributed by atoms with Crippen molar-refractivity contribution < 1.29 is 0 Å². The van der Waals surface area contributed by atoms with Crippen LogP contribution in [0.1, 0.15) is 0 Å². The second-order valence-electron chi connectivity index (χ2n) is 23.6. The minimum absolute atomic E-state index is 1.11. The van der Waals surface area contributed by atoms with Crippen molar-refractivity contribution in [3.05, 3.63) is 376 Å². The first-order chi connectivity index (χ1) is 46.6. The third-order valence-corrected chi connectivity index (χ3v) is 20.1. The predicted molar refractivity (Wildman–Crippen MR) is 406 cm³/mol. The van der Waals surface area contributed by atoms with Crippen molar-refractivity contribution >= 4 is 97.1 Å². The smallest absolute Gasteiger partial charge is 0.0462 e. The summed E-state index contributed by atoms with van der Waals surface area (Å²) in [4.78, 5) is 4.67. The van der Waals surface area contributed by atoms with Gasteiger partial charge in [-0.2, -0.15) is 0 Å². The summed E-state index contributed by atoms with van der Waals surface area (Å²) in [6, 6.07) is 136. The van der Waals surface area contributed by atoms with Gasteiger partial charge >= 0.3 is 0 Å². The van der Waals surface area contributed by atoms with Crippen molar-refractivity contribution in [2.24, 2.45) is 0 Å². The molecule has 0 saturated carbocycles. The number of benzene rings is 15. The average molecular weight is 1240 g/mol. The molecule has 0 atom stereocenters. The molecule has 0 N–H and O–H groups in total. The molecule has 0 fully saturated rings. The highest BCUT2D eigenvalue weighted by Crippen LogP contribution is 2.43. The fourth-order valence-electron chi connectivity index (χ4n) is 12.9. The van der Waals surface area contributed by atoms with Crippen LogP contribution in [0.25, 0.3) is 118 Å². The van der Waals surface area contributed by atoms with Crippen LogP contribution in [0.4, 0.5) is 34.1 Å². The van der Waals surface area contributed by atoms with Crippen molar-refractivity contribution in [2.45, 2.75) is 0 Å². The standard InChI is InChI=1S/C48H33NS.C42H29NS/c1-3-9-34(10-4-1)37-19-26-42(27-20-37)49(43-28-21-38(22-29-43)35-11-5-2-6-12-35)44-30-23-39(24-31-44)36-15-17-40(18-16-36)41-25-32-48-46(33-41)45-13-7-8-14-47(45)50-48;1-3-9-30(10-4-1)32-15-22-36(23-16-32)43(37-24-17-33(18-25-37)31-11-5-2-6-12-31)38-26-19-34(20-27-38)35-21-28-42-40(29-35)39-13-7-8-14-41(39)44-42/h1-33H;1-29H. The van der Waals surface area contributed by atoms with Gasteiger partial charge in [-0.3, -0.25) is 0 Å². The monoisotopic (exact) mass is 1230 g/mol. The normalized spacial score (nSPS) is 11.2. The maximum absolute atomic E-state index is 2.34. The number of anilines is 6. The number of hydrogen-bond acceptors (Lipinski definition) is 4. The van der Waals surface area contributed by atoms with Gasteiger partial charge < -0.3 is 9.80 Å². The van der Waals surface area contributed by atoms with Crippen molar-refractivity contribution in [1.82, 2.24) is 0 Å².